The molecular formula is C22H16Cl3NO4S. The van der Waals surface area contributed by atoms with Crippen LogP contribution in [-0.4, -0.2) is 29.2 Å². The summed E-state index contributed by atoms with van der Waals surface area (Å²) in [5, 5.41) is 0.759. The molecule has 3 rings (SSSR count). The van der Waals surface area contributed by atoms with Gasteiger partial charge in [0.25, 0.3) is 11.1 Å². The molecular weight excluding hydrogens is 481 g/mol. The number of carbonyl (C=O) groups excluding carboxylic acids is 2. The van der Waals surface area contributed by atoms with Crippen LogP contribution < -0.4 is 9.47 Å². The third-order valence-corrected chi connectivity index (χ3v) is 6.05. The van der Waals surface area contributed by atoms with Crippen molar-refractivity contribution in [3.63, 3.8) is 0 Å². The molecule has 0 aromatic heterocycles. The standard InChI is InChI=1S/C22H16Cl3NO4S/c1-3-7-26-21(27)19(31-22(26)28)11-14-9-17(25)20(18(10-14)29-4-2)30-12-13-5-6-15(23)16(24)8-13/h1,5-6,8-11H,4,7,12H2,2H3/b19-11+. The van der Waals surface area contributed by atoms with Crippen LogP contribution in [0.5, 0.6) is 11.5 Å². The third-order valence-electron chi connectivity index (χ3n) is 4.12. The van der Waals surface area contributed by atoms with Crippen molar-refractivity contribution >= 4 is 63.8 Å². The van der Waals surface area contributed by atoms with E-state index in [0.29, 0.717) is 38.7 Å². The monoisotopic (exact) mass is 495 g/mol. The maximum Gasteiger partial charge on any atom is 0.294 e. The Morgan fingerprint density at radius 2 is 1.87 bits per heavy atom. The summed E-state index contributed by atoms with van der Waals surface area (Å²) in [6.45, 7) is 2.32. The molecule has 1 saturated heterocycles. The van der Waals surface area contributed by atoms with Gasteiger partial charge in [-0.2, -0.15) is 0 Å². The molecule has 2 amide bonds. The van der Waals surface area contributed by atoms with Crippen molar-refractivity contribution < 1.29 is 19.1 Å². The number of rotatable bonds is 7. The molecule has 0 unspecified atom stereocenters. The largest absolute Gasteiger partial charge is 0.490 e. The average Bonchev–Trinajstić information content (AvgIpc) is 2.98. The molecule has 1 aliphatic heterocycles. The van der Waals surface area contributed by atoms with Crippen LogP contribution in [0.3, 0.4) is 0 Å². The second-order valence-corrected chi connectivity index (χ2v) is 8.49. The predicted molar refractivity (Wildman–Crippen MR) is 125 cm³/mol. The van der Waals surface area contributed by atoms with Crippen LogP contribution >= 0.6 is 46.6 Å². The zero-order valence-electron chi connectivity index (χ0n) is 16.3. The number of thioether (sulfide) groups is 1. The Morgan fingerprint density at radius 1 is 1.10 bits per heavy atom. The lowest BCUT2D eigenvalue weighted by Gasteiger charge is -2.15. The van der Waals surface area contributed by atoms with Crippen molar-refractivity contribution in [2.45, 2.75) is 13.5 Å². The number of imide groups is 1. The molecule has 5 nitrogen and oxygen atoms in total. The molecule has 0 saturated carbocycles. The average molecular weight is 497 g/mol. The van der Waals surface area contributed by atoms with E-state index in [0.717, 1.165) is 22.2 Å². The molecule has 1 fully saturated rings. The van der Waals surface area contributed by atoms with E-state index in [9.17, 15) is 9.59 Å². The number of benzene rings is 2. The minimum atomic E-state index is -0.443. The lowest BCUT2D eigenvalue weighted by Crippen LogP contribution is -2.28. The highest BCUT2D eigenvalue weighted by Gasteiger charge is 2.34. The Hall–Kier alpha value is -2.30. The van der Waals surface area contributed by atoms with E-state index in [4.69, 9.17) is 50.7 Å². The SMILES string of the molecule is C#CCN1C(=O)S/C(=C/c2cc(Cl)c(OCc3ccc(Cl)c(Cl)c3)c(OCC)c2)C1=O. The van der Waals surface area contributed by atoms with Gasteiger partial charge >= 0.3 is 0 Å². The number of nitrogens with zero attached hydrogens (tertiary/aromatic N) is 1. The van der Waals surface area contributed by atoms with Gasteiger partial charge < -0.3 is 9.47 Å². The van der Waals surface area contributed by atoms with E-state index in [-0.39, 0.29) is 18.1 Å². The van der Waals surface area contributed by atoms with Gasteiger partial charge in [0, 0.05) is 0 Å². The van der Waals surface area contributed by atoms with E-state index in [1.807, 2.05) is 6.92 Å². The zero-order chi connectivity index (χ0) is 22.5. The fraction of sp³-hybridized carbons (Fsp3) is 0.182. The molecule has 0 spiro atoms. The second kappa shape index (κ2) is 10.3. The van der Waals surface area contributed by atoms with E-state index in [2.05, 4.69) is 5.92 Å². The van der Waals surface area contributed by atoms with E-state index >= 15 is 0 Å². The van der Waals surface area contributed by atoms with Crippen molar-refractivity contribution in [3.05, 3.63) is 61.4 Å². The summed E-state index contributed by atoms with van der Waals surface area (Å²) in [6, 6.07) is 8.50. The maximum absolute atomic E-state index is 12.4. The summed E-state index contributed by atoms with van der Waals surface area (Å²) in [5.74, 6) is 2.62. The van der Waals surface area contributed by atoms with Crippen LogP contribution in [0.1, 0.15) is 18.1 Å². The van der Waals surface area contributed by atoms with Gasteiger partial charge in [-0.1, -0.05) is 46.8 Å². The van der Waals surface area contributed by atoms with Gasteiger partial charge in [0.2, 0.25) is 0 Å². The van der Waals surface area contributed by atoms with Crippen LogP contribution in [-0.2, 0) is 11.4 Å². The molecule has 160 valence electrons. The maximum atomic E-state index is 12.4. The van der Waals surface area contributed by atoms with Gasteiger partial charge in [-0.05, 0) is 60.2 Å². The third kappa shape index (κ3) is 5.50. The van der Waals surface area contributed by atoms with Gasteiger partial charge in [-0.15, -0.1) is 6.42 Å². The molecule has 0 N–H and O–H groups in total. The summed E-state index contributed by atoms with van der Waals surface area (Å²) < 4.78 is 11.6. The molecule has 9 heteroatoms. The molecule has 2 aromatic carbocycles. The highest BCUT2D eigenvalue weighted by Crippen LogP contribution is 2.39. The zero-order valence-corrected chi connectivity index (χ0v) is 19.4. The topological polar surface area (TPSA) is 55.8 Å². The van der Waals surface area contributed by atoms with Crippen molar-refractivity contribution in [2.75, 3.05) is 13.2 Å². The number of amides is 2. The van der Waals surface area contributed by atoms with Crippen LogP contribution in [0.4, 0.5) is 4.79 Å². The number of halogens is 3. The van der Waals surface area contributed by atoms with E-state index in [1.165, 1.54) is 0 Å². The normalized spacial score (nSPS) is 14.8. The van der Waals surface area contributed by atoms with E-state index in [1.54, 1.807) is 36.4 Å². The fourth-order valence-corrected chi connectivity index (χ4v) is 4.17. The lowest BCUT2D eigenvalue weighted by atomic mass is 10.1. The number of hydrogen-bond acceptors (Lipinski definition) is 5. The van der Waals surface area contributed by atoms with Gasteiger partial charge in [-0.25, -0.2) is 0 Å². The van der Waals surface area contributed by atoms with Crippen LogP contribution in [0.2, 0.25) is 15.1 Å². The second-order valence-electron chi connectivity index (χ2n) is 6.27. The van der Waals surface area contributed by atoms with Gasteiger partial charge in [0.05, 0.1) is 33.1 Å². The van der Waals surface area contributed by atoms with Crippen molar-refractivity contribution in [1.82, 2.24) is 4.90 Å². The molecule has 0 bridgehead atoms. The van der Waals surface area contributed by atoms with Gasteiger partial charge in [0.1, 0.15) is 6.61 Å². The minimum absolute atomic E-state index is 0.0749. The summed E-state index contributed by atoms with van der Waals surface area (Å²) in [7, 11) is 0. The minimum Gasteiger partial charge on any atom is -0.490 e. The molecule has 2 aromatic rings. The molecule has 0 aliphatic carbocycles. The van der Waals surface area contributed by atoms with Crippen molar-refractivity contribution in [1.29, 1.82) is 0 Å². The first-order valence-corrected chi connectivity index (χ1v) is 11.0. The summed E-state index contributed by atoms with van der Waals surface area (Å²) >= 11 is 19.3. The van der Waals surface area contributed by atoms with Gasteiger partial charge in [-0.3, -0.25) is 14.5 Å². The number of terminal acetylenes is 1. The first-order valence-electron chi connectivity index (χ1n) is 9.06. The highest BCUT2D eigenvalue weighted by molar-refractivity contribution is 8.18. The summed E-state index contributed by atoms with van der Waals surface area (Å²) in [6.07, 6.45) is 6.79. The Balaban J connectivity index is 1.86. The fourth-order valence-electron chi connectivity index (χ4n) is 2.74. The Kier molecular flexibility index (Phi) is 7.79. The number of hydrogen-bond donors (Lipinski definition) is 0. The van der Waals surface area contributed by atoms with Crippen LogP contribution in [0, 0.1) is 12.3 Å². The lowest BCUT2D eigenvalue weighted by molar-refractivity contribution is -0.122. The van der Waals surface area contributed by atoms with Crippen molar-refractivity contribution in [3.8, 4) is 23.8 Å². The Morgan fingerprint density at radius 3 is 2.55 bits per heavy atom. The van der Waals surface area contributed by atoms with E-state index < -0.39 is 11.1 Å². The highest BCUT2D eigenvalue weighted by atomic mass is 35.5. The Labute approximate surface area is 199 Å². The summed E-state index contributed by atoms with van der Waals surface area (Å²) in [4.78, 5) is 25.6. The molecule has 0 atom stereocenters. The summed E-state index contributed by atoms with van der Waals surface area (Å²) in [5.41, 5.74) is 1.39. The first kappa shape index (κ1) is 23.4. The quantitative estimate of drug-likeness (QED) is 0.333. The first-order chi connectivity index (χ1) is 14.8. The number of carbonyl (C=O) groups is 2. The molecule has 31 heavy (non-hydrogen) atoms. The predicted octanol–water partition coefficient (Wildman–Crippen LogP) is 6.29. The van der Waals surface area contributed by atoms with Crippen LogP contribution in [0.15, 0.2) is 35.2 Å². The smallest absolute Gasteiger partial charge is 0.294 e. The van der Waals surface area contributed by atoms with Crippen LogP contribution in [0.25, 0.3) is 6.08 Å². The molecule has 1 aliphatic rings. The Bertz CT molecular complexity index is 1110. The molecule has 1 heterocycles. The van der Waals surface area contributed by atoms with Crippen molar-refractivity contribution in [2.24, 2.45) is 0 Å². The molecule has 0 radical (unpaired) electrons. The van der Waals surface area contributed by atoms with Gasteiger partial charge in [0.15, 0.2) is 11.5 Å². The number of ether oxygens (including phenoxy) is 2.